The van der Waals surface area contributed by atoms with Gasteiger partial charge in [-0.25, -0.2) is 4.79 Å². The predicted molar refractivity (Wildman–Crippen MR) is 80.5 cm³/mol. The van der Waals surface area contributed by atoms with Crippen molar-refractivity contribution in [1.29, 1.82) is 0 Å². The van der Waals surface area contributed by atoms with Gasteiger partial charge in [0.25, 0.3) is 0 Å². The van der Waals surface area contributed by atoms with Gasteiger partial charge in [0.2, 0.25) is 0 Å². The number of rotatable bonds is 3. The van der Waals surface area contributed by atoms with E-state index < -0.39 is 5.97 Å². The molecule has 0 amide bonds. The van der Waals surface area contributed by atoms with Gasteiger partial charge in [0.15, 0.2) is 6.29 Å². The van der Waals surface area contributed by atoms with Crippen LogP contribution in [0, 0.1) is 0 Å². The van der Waals surface area contributed by atoms with E-state index in [-0.39, 0.29) is 5.56 Å². The Morgan fingerprint density at radius 2 is 1.75 bits per heavy atom. The van der Waals surface area contributed by atoms with E-state index >= 15 is 0 Å². The number of carbonyl (C=O) groups excluding carboxylic acids is 1. The van der Waals surface area contributed by atoms with Gasteiger partial charge in [-0.1, -0.05) is 44.2 Å². The first-order chi connectivity index (χ1) is 9.51. The molecule has 2 aromatic carbocycles. The molecule has 0 radical (unpaired) electrons. The number of carboxylic acids is 1. The van der Waals surface area contributed by atoms with Gasteiger partial charge in [-0.3, -0.25) is 4.79 Å². The summed E-state index contributed by atoms with van der Waals surface area (Å²) in [4.78, 5) is 21.8. The molecule has 0 aliphatic rings. The molecule has 2 aromatic rings. The molecule has 0 unspecified atom stereocenters. The van der Waals surface area contributed by atoms with Gasteiger partial charge >= 0.3 is 5.97 Å². The molecule has 20 heavy (non-hydrogen) atoms. The van der Waals surface area contributed by atoms with Gasteiger partial charge < -0.3 is 10.4 Å². The molecule has 4 nitrogen and oxygen atoms in total. The smallest absolute Gasteiger partial charge is 0.336 e. The Labute approximate surface area is 118 Å². The van der Waals surface area contributed by atoms with E-state index in [4.69, 9.17) is 5.11 Å². The summed E-state index contributed by atoms with van der Waals surface area (Å²) < 4.78 is 0. The first-order valence-corrected chi connectivity index (χ1v) is 6.38. The summed E-state index contributed by atoms with van der Waals surface area (Å²) in [6.07, 6.45) is 0.675. The summed E-state index contributed by atoms with van der Waals surface area (Å²) in [5.74, 6) is -1.02. The van der Waals surface area contributed by atoms with E-state index in [1.807, 2.05) is 7.05 Å². The van der Waals surface area contributed by atoms with Crippen LogP contribution >= 0.6 is 0 Å². The second-order valence-corrected chi connectivity index (χ2v) is 4.62. The lowest BCUT2D eigenvalue weighted by Gasteiger charge is -2.04. The number of nitrogens with one attached hydrogen (secondary N) is 1. The maximum atomic E-state index is 11.0. The van der Waals surface area contributed by atoms with Crippen LogP contribution in [0.1, 0.15) is 34.6 Å². The molecule has 0 atom stereocenters. The molecule has 0 saturated carbocycles. The molecular formula is C16H19NO3. The van der Waals surface area contributed by atoms with E-state index in [1.54, 1.807) is 30.3 Å². The third-order valence-corrected chi connectivity index (χ3v) is 2.87. The number of hydrogen-bond donors (Lipinski definition) is 2. The van der Waals surface area contributed by atoms with Crippen molar-refractivity contribution >= 4 is 23.0 Å². The monoisotopic (exact) mass is 273 g/mol. The van der Waals surface area contributed by atoms with Crippen LogP contribution in [0.3, 0.4) is 0 Å². The Balaban J connectivity index is 0.000000347. The number of hydrogen-bond acceptors (Lipinski definition) is 3. The average molecular weight is 273 g/mol. The molecule has 0 fully saturated rings. The molecule has 0 spiro atoms. The lowest BCUT2D eigenvalue weighted by atomic mass is 10.00. The van der Waals surface area contributed by atoms with Gasteiger partial charge in [-0.2, -0.15) is 0 Å². The van der Waals surface area contributed by atoms with Gasteiger partial charge in [-0.05, 0) is 18.5 Å². The summed E-state index contributed by atoms with van der Waals surface area (Å²) in [7, 11) is 1.95. The van der Waals surface area contributed by atoms with Crippen LogP contribution in [-0.2, 0) is 0 Å². The van der Waals surface area contributed by atoms with Crippen LogP contribution in [0.5, 0.6) is 0 Å². The zero-order valence-corrected chi connectivity index (χ0v) is 11.9. The van der Waals surface area contributed by atoms with Gasteiger partial charge in [0.1, 0.15) is 0 Å². The number of fused-ring (bicyclic) bond motifs is 1. The number of aromatic carboxylic acids is 1. The summed E-state index contributed by atoms with van der Waals surface area (Å²) >= 11 is 0. The molecule has 0 aliphatic heterocycles. The fraction of sp³-hybridized carbons (Fsp3) is 0.250. The first kappa shape index (κ1) is 15.9. The predicted octanol–water partition coefficient (Wildman–Crippen LogP) is 2.96. The number of benzene rings is 2. The molecule has 2 N–H and O–H groups in total. The second kappa shape index (κ2) is 7.40. The molecule has 0 aliphatic carbocycles. The van der Waals surface area contributed by atoms with Crippen molar-refractivity contribution in [3.05, 3.63) is 47.5 Å². The summed E-state index contributed by atoms with van der Waals surface area (Å²) in [5.41, 5.74) is 0.570. The molecule has 0 aromatic heterocycles. The molecule has 2 rings (SSSR count). The Morgan fingerprint density at radius 1 is 1.20 bits per heavy atom. The van der Waals surface area contributed by atoms with Crippen molar-refractivity contribution in [3.8, 4) is 0 Å². The Morgan fingerprint density at radius 3 is 2.20 bits per heavy atom. The molecule has 0 saturated heterocycles. The van der Waals surface area contributed by atoms with Crippen LogP contribution < -0.4 is 5.32 Å². The van der Waals surface area contributed by atoms with Crippen molar-refractivity contribution < 1.29 is 14.7 Å². The van der Waals surface area contributed by atoms with E-state index in [0.717, 1.165) is 5.39 Å². The minimum Gasteiger partial charge on any atom is -0.478 e. The van der Waals surface area contributed by atoms with Crippen LogP contribution in [0.25, 0.3) is 10.8 Å². The standard InChI is InChI=1S/C12H8O3.C4H11N/c13-7-9-5-1-3-8-4-2-6-10(11(8)9)12(14)15;1-4(2)5-3/h1-7H,(H,14,15);4-5H,1-3H3. The van der Waals surface area contributed by atoms with Crippen LogP contribution in [0.4, 0.5) is 0 Å². The van der Waals surface area contributed by atoms with Crippen molar-refractivity contribution in [3.63, 3.8) is 0 Å². The fourth-order valence-corrected chi connectivity index (χ4v) is 1.65. The zero-order valence-electron chi connectivity index (χ0n) is 11.9. The lowest BCUT2D eigenvalue weighted by Crippen LogP contribution is -2.15. The highest BCUT2D eigenvalue weighted by atomic mass is 16.4. The SMILES string of the molecule is CNC(C)C.O=Cc1cccc2cccc(C(=O)O)c12. The molecule has 4 heteroatoms. The van der Waals surface area contributed by atoms with Gasteiger partial charge in [0.05, 0.1) is 5.56 Å². The third-order valence-electron chi connectivity index (χ3n) is 2.87. The molecular weight excluding hydrogens is 254 g/mol. The highest BCUT2D eigenvalue weighted by Crippen LogP contribution is 2.21. The minimum absolute atomic E-state index is 0.162. The summed E-state index contributed by atoms with van der Waals surface area (Å²) in [6, 6.07) is 10.7. The van der Waals surface area contributed by atoms with Crippen molar-refractivity contribution in [2.24, 2.45) is 0 Å². The summed E-state index contributed by atoms with van der Waals surface area (Å²) in [5, 5.41) is 13.3. The minimum atomic E-state index is -1.02. The van der Waals surface area contributed by atoms with Crippen LogP contribution in [-0.4, -0.2) is 30.5 Å². The first-order valence-electron chi connectivity index (χ1n) is 6.38. The van der Waals surface area contributed by atoms with E-state index in [0.29, 0.717) is 23.3 Å². The number of aldehydes is 1. The normalized spacial score (nSPS) is 10.0. The molecule has 106 valence electrons. The lowest BCUT2D eigenvalue weighted by molar-refractivity contribution is 0.0699. The van der Waals surface area contributed by atoms with Crippen LogP contribution in [0.2, 0.25) is 0 Å². The van der Waals surface area contributed by atoms with Gasteiger partial charge in [-0.15, -0.1) is 0 Å². The second-order valence-electron chi connectivity index (χ2n) is 4.62. The maximum Gasteiger partial charge on any atom is 0.336 e. The highest BCUT2D eigenvalue weighted by Gasteiger charge is 2.10. The number of carbonyl (C=O) groups is 2. The maximum absolute atomic E-state index is 11.0. The van der Waals surface area contributed by atoms with Crippen molar-refractivity contribution in [2.75, 3.05) is 7.05 Å². The summed E-state index contributed by atoms with van der Waals surface area (Å²) in [6.45, 7) is 4.22. The van der Waals surface area contributed by atoms with E-state index in [2.05, 4.69) is 19.2 Å². The van der Waals surface area contributed by atoms with Crippen LogP contribution in [0.15, 0.2) is 36.4 Å². The van der Waals surface area contributed by atoms with Crippen molar-refractivity contribution in [2.45, 2.75) is 19.9 Å². The molecule has 0 heterocycles. The number of carboxylic acid groups (broad SMARTS) is 1. The zero-order chi connectivity index (χ0) is 15.1. The third kappa shape index (κ3) is 3.90. The topological polar surface area (TPSA) is 66.4 Å². The Bertz CT molecular complexity index is 600. The largest absolute Gasteiger partial charge is 0.478 e. The van der Waals surface area contributed by atoms with E-state index in [9.17, 15) is 9.59 Å². The van der Waals surface area contributed by atoms with Crippen molar-refractivity contribution in [1.82, 2.24) is 5.32 Å². The molecule has 0 bridgehead atoms. The highest BCUT2D eigenvalue weighted by molar-refractivity contribution is 6.09. The average Bonchev–Trinajstić information content (AvgIpc) is 2.46. The Kier molecular flexibility index (Phi) is 5.87. The fourth-order valence-electron chi connectivity index (χ4n) is 1.65. The Hall–Kier alpha value is -2.20. The van der Waals surface area contributed by atoms with E-state index in [1.165, 1.54) is 6.07 Å². The quantitative estimate of drug-likeness (QED) is 0.844. The van der Waals surface area contributed by atoms with Gasteiger partial charge in [0, 0.05) is 17.0 Å².